The number of nitrogens with one attached hydrogen (secondary N) is 1. The van der Waals surface area contributed by atoms with Gasteiger partial charge in [-0.25, -0.2) is 4.39 Å². The van der Waals surface area contributed by atoms with Crippen LogP contribution in [0.3, 0.4) is 0 Å². The topological polar surface area (TPSA) is 21.3 Å². The molecule has 2 aromatic carbocycles. The Morgan fingerprint density at radius 1 is 1.14 bits per heavy atom. The minimum Gasteiger partial charge on any atom is -0.489 e. The average Bonchev–Trinajstić information content (AvgIpc) is 2.45. The summed E-state index contributed by atoms with van der Waals surface area (Å²) in [6.45, 7) is 5.39. The van der Waals surface area contributed by atoms with Gasteiger partial charge in [0.1, 0.15) is 18.2 Å². The van der Waals surface area contributed by atoms with Crippen molar-refractivity contribution >= 4 is 11.6 Å². The maximum atomic E-state index is 13.0. The molecule has 0 spiro atoms. The Balaban J connectivity index is 1.91. The summed E-state index contributed by atoms with van der Waals surface area (Å²) in [6, 6.07) is 12.7. The van der Waals surface area contributed by atoms with Crippen LogP contribution in [0.1, 0.15) is 25.0 Å². The van der Waals surface area contributed by atoms with Crippen molar-refractivity contribution in [3.8, 4) is 5.75 Å². The lowest BCUT2D eigenvalue weighted by molar-refractivity contribution is 0.306. The van der Waals surface area contributed by atoms with Crippen LogP contribution in [0, 0.1) is 5.82 Å². The van der Waals surface area contributed by atoms with Gasteiger partial charge in [0, 0.05) is 18.2 Å². The molecule has 1 N–H and O–H groups in total. The molecule has 0 bridgehead atoms. The molecule has 0 saturated heterocycles. The molecule has 0 aromatic heterocycles. The van der Waals surface area contributed by atoms with Gasteiger partial charge in [-0.1, -0.05) is 43.6 Å². The zero-order chi connectivity index (χ0) is 15.2. The summed E-state index contributed by atoms with van der Waals surface area (Å²) in [6.07, 6.45) is 0. The van der Waals surface area contributed by atoms with Crippen molar-refractivity contribution < 1.29 is 9.13 Å². The van der Waals surface area contributed by atoms with Crippen LogP contribution < -0.4 is 10.1 Å². The minimum absolute atomic E-state index is 0.322. The van der Waals surface area contributed by atoms with E-state index in [0.717, 1.165) is 17.9 Å². The van der Waals surface area contributed by atoms with E-state index in [-0.39, 0.29) is 5.82 Å². The molecule has 0 fully saturated rings. The summed E-state index contributed by atoms with van der Waals surface area (Å²) in [4.78, 5) is 0. The predicted octanol–water partition coefficient (Wildman–Crippen LogP) is 4.56. The van der Waals surface area contributed by atoms with Gasteiger partial charge >= 0.3 is 0 Å². The molecule has 4 heteroatoms. The Labute approximate surface area is 129 Å². The number of hydrogen-bond donors (Lipinski definition) is 1. The van der Waals surface area contributed by atoms with Gasteiger partial charge in [0.05, 0.1) is 5.02 Å². The molecule has 0 saturated carbocycles. The Morgan fingerprint density at radius 2 is 1.86 bits per heavy atom. The van der Waals surface area contributed by atoms with E-state index in [4.69, 9.17) is 16.3 Å². The maximum Gasteiger partial charge on any atom is 0.124 e. The largest absolute Gasteiger partial charge is 0.489 e. The number of hydrogen-bond acceptors (Lipinski definition) is 2. The third kappa shape index (κ3) is 5.03. The standard InChI is InChI=1S/C17H19ClFNO/c1-12(2)20-10-13-3-7-16(8-4-13)21-11-14-5-6-15(19)9-17(14)18/h3-9,12,20H,10-11H2,1-2H3. The third-order valence-electron chi connectivity index (χ3n) is 3.05. The molecule has 112 valence electrons. The molecule has 2 rings (SSSR count). The zero-order valence-corrected chi connectivity index (χ0v) is 13.0. The lowest BCUT2D eigenvalue weighted by Gasteiger charge is -2.10. The molecule has 0 amide bonds. The van der Waals surface area contributed by atoms with E-state index in [0.29, 0.717) is 17.7 Å². The Kier molecular flexibility index (Phi) is 5.59. The van der Waals surface area contributed by atoms with E-state index in [1.165, 1.54) is 17.7 Å². The second-order valence-corrected chi connectivity index (χ2v) is 5.61. The number of rotatable bonds is 6. The molecule has 0 aliphatic heterocycles. The summed E-state index contributed by atoms with van der Waals surface area (Å²) in [5.74, 6) is 0.425. The first-order chi connectivity index (χ1) is 10.0. The van der Waals surface area contributed by atoms with Gasteiger partial charge in [-0.15, -0.1) is 0 Å². The van der Waals surface area contributed by atoms with Crippen molar-refractivity contribution in [2.45, 2.75) is 33.0 Å². The predicted molar refractivity (Wildman–Crippen MR) is 84.2 cm³/mol. The summed E-state index contributed by atoms with van der Waals surface area (Å²) < 4.78 is 18.6. The SMILES string of the molecule is CC(C)NCc1ccc(OCc2ccc(F)cc2Cl)cc1. The highest BCUT2D eigenvalue weighted by molar-refractivity contribution is 6.31. The van der Waals surface area contributed by atoms with Crippen molar-refractivity contribution in [2.24, 2.45) is 0 Å². The smallest absolute Gasteiger partial charge is 0.124 e. The second kappa shape index (κ2) is 7.43. The molecule has 0 radical (unpaired) electrons. The van der Waals surface area contributed by atoms with Crippen LogP contribution in [0.2, 0.25) is 5.02 Å². The van der Waals surface area contributed by atoms with Gasteiger partial charge in [0.2, 0.25) is 0 Å². The monoisotopic (exact) mass is 307 g/mol. The summed E-state index contributed by atoms with van der Waals surface area (Å²) in [5, 5.41) is 3.74. The highest BCUT2D eigenvalue weighted by Gasteiger charge is 2.03. The first-order valence-corrected chi connectivity index (χ1v) is 7.31. The van der Waals surface area contributed by atoms with Crippen LogP contribution in [0.5, 0.6) is 5.75 Å². The van der Waals surface area contributed by atoms with Crippen molar-refractivity contribution in [3.63, 3.8) is 0 Å². The highest BCUT2D eigenvalue weighted by atomic mass is 35.5. The van der Waals surface area contributed by atoms with Crippen molar-refractivity contribution in [1.82, 2.24) is 5.32 Å². The van der Waals surface area contributed by atoms with Crippen molar-refractivity contribution in [2.75, 3.05) is 0 Å². The fourth-order valence-corrected chi connectivity index (χ4v) is 2.05. The van der Waals surface area contributed by atoms with Gasteiger partial charge in [0.15, 0.2) is 0 Å². The summed E-state index contributed by atoms with van der Waals surface area (Å²) >= 11 is 5.96. The van der Waals surface area contributed by atoms with Crippen LogP contribution in [0.4, 0.5) is 4.39 Å². The average molecular weight is 308 g/mol. The quantitative estimate of drug-likeness (QED) is 0.845. The molecular weight excluding hydrogens is 289 g/mol. The summed E-state index contributed by atoms with van der Waals surface area (Å²) in [7, 11) is 0. The molecule has 0 heterocycles. The molecule has 21 heavy (non-hydrogen) atoms. The normalized spacial score (nSPS) is 10.9. The van der Waals surface area contributed by atoms with Gasteiger partial charge in [0.25, 0.3) is 0 Å². The van der Waals surface area contributed by atoms with E-state index < -0.39 is 0 Å². The Morgan fingerprint density at radius 3 is 2.48 bits per heavy atom. The lowest BCUT2D eigenvalue weighted by Crippen LogP contribution is -2.21. The summed E-state index contributed by atoms with van der Waals surface area (Å²) in [5.41, 5.74) is 1.97. The van der Waals surface area contributed by atoms with Crippen LogP contribution in [-0.2, 0) is 13.2 Å². The first kappa shape index (κ1) is 15.8. The number of halogens is 2. The van der Waals surface area contributed by atoms with E-state index in [9.17, 15) is 4.39 Å². The second-order valence-electron chi connectivity index (χ2n) is 5.20. The van der Waals surface area contributed by atoms with Crippen molar-refractivity contribution in [1.29, 1.82) is 0 Å². The molecule has 0 aliphatic carbocycles. The van der Waals surface area contributed by atoms with Crippen LogP contribution in [-0.4, -0.2) is 6.04 Å². The fraction of sp³-hybridized carbons (Fsp3) is 0.294. The molecule has 0 atom stereocenters. The number of ether oxygens (including phenoxy) is 1. The molecular formula is C17H19ClFNO. The molecule has 2 aromatic rings. The zero-order valence-electron chi connectivity index (χ0n) is 12.2. The van der Waals surface area contributed by atoms with Gasteiger partial charge in [-0.2, -0.15) is 0 Å². The van der Waals surface area contributed by atoms with Gasteiger partial charge < -0.3 is 10.1 Å². The molecule has 0 aliphatic rings. The van der Waals surface area contributed by atoms with E-state index >= 15 is 0 Å². The maximum absolute atomic E-state index is 13.0. The Bertz CT molecular complexity index is 584. The molecule has 2 nitrogen and oxygen atoms in total. The number of benzene rings is 2. The van der Waals surface area contributed by atoms with Crippen molar-refractivity contribution in [3.05, 3.63) is 64.4 Å². The van der Waals surface area contributed by atoms with Gasteiger partial charge in [-0.3, -0.25) is 0 Å². The van der Waals surface area contributed by atoms with E-state index in [1.807, 2.05) is 24.3 Å². The van der Waals surface area contributed by atoms with Gasteiger partial charge in [-0.05, 0) is 29.8 Å². The van der Waals surface area contributed by atoms with Crippen LogP contribution in [0.25, 0.3) is 0 Å². The highest BCUT2D eigenvalue weighted by Crippen LogP contribution is 2.20. The first-order valence-electron chi connectivity index (χ1n) is 6.93. The van der Waals surface area contributed by atoms with Crippen LogP contribution >= 0.6 is 11.6 Å². The van der Waals surface area contributed by atoms with E-state index in [1.54, 1.807) is 6.07 Å². The minimum atomic E-state index is -0.342. The fourth-order valence-electron chi connectivity index (χ4n) is 1.83. The van der Waals surface area contributed by atoms with E-state index in [2.05, 4.69) is 19.2 Å². The third-order valence-corrected chi connectivity index (χ3v) is 3.40. The lowest BCUT2D eigenvalue weighted by atomic mass is 10.2. The van der Waals surface area contributed by atoms with Crippen LogP contribution in [0.15, 0.2) is 42.5 Å². The molecule has 0 unspecified atom stereocenters. The Hall–Kier alpha value is -1.58.